The van der Waals surface area contributed by atoms with Crippen LogP contribution in [0.15, 0.2) is 109 Å². The lowest BCUT2D eigenvalue weighted by Crippen LogP contribution is -1.81. The smallest absolute Gasteiger partial charge is 0.273 e. The average molecular weight is 1290 g/mol. The molecule has 0 radical (unpaired) electrons. The summed E-state index contributed by atoms with van der Waals surface area (Å²) in [6.45, 7) is 65.0. The summed E-state index contributed by atoms with van der Waals surface area (Å²) in [4.78, 5) is 17.2. The Labute approximate surface area is 568 Å². The van der Waals surface area contributed by atoms with Crippen LogP contribution in [0.2, 0.25) is 0 Å². The summed E-state index contributed by atoms with van der Waals surface area (Å²) in [5, 5.41) is 8.02. The molecule has 10 heteroatoms. The van der Waals surface area contributed by atoms with Crippen LogP contribution in [0.25, 0.3) is 12.2 Å². The zero-order valence-electron chi connectivity index (χ0n) is 62.8. The SMILES string of the molecule is CC(C)C.CC(C)C.CC(C)C.CC(C)C.CC(C)C.CC(C)C.CC(C)C/C=C/c1ncco1.CC(C)C/C=C/c1nccs1.CC(C)CC#Cc1ccco1.CC(C)CC#Cc1cccs1.CC(C)CC#Cc1ncco1.CC(C)CC#Cc1nccs1. The van der Waals surface area contributed by atoms with Crippen LogP contribution >= 0.6 is 34.0 Å². The third kappa shape index (κ3) is 104. The summed E-state index contributed by atoms with van der Waals surface area (Å²) >= 11 is 4.97. The van der Waals surface area contributed by atoms with Crippen LogP contribution in [0.5, 0.6) is 0 Å². The van der Waals surface area contributed by atoms with Crippen molar-refractivity contribution < 1.29 is 13.3 Å². The van der Waals surface area contributed by atoms with Crippen LogP contribution in [0.3, 0.4) is 0 Å². The van der Waals surface area contributed by atoms with Crippen molar-refractivity contribution in [3.05, 3.63) is 129 Å². The van der Waals surface area contributed by atoms with E-state index in [2.05, 4.69) is 305 Å². The van der Waals surface area contributed by atoms with Crippen molar-refractivity contribution >= 4 is 46.2 Å². The molecule has 0 saturated carbocycles. The molecule has 6 heterocycles. The quantitative estimate of drug-likeness (QED) is 0.126. The van der Waals surface area contributed by atoms with Gasteiger partial charge in [0.1, 0.15) is 17.5 Å². The summed E-state index contributed by atoms with van der Waals surface area (Å²) in [5.74, 6) is 35.1. The van der Waals surface area contributed by atoms with Crippen molar-refractivity contribution in [1.82, 2.24) is 19.9 Å². The number of aromatic nitrogens is 4. The van der Waals surface area contributed by atoms with Gasteiger partial charge >= 0.3 is 0 Å². The molecule has 0 fully saturated rings. The molecule has 0 spiro atoms. The number of thiazole rings is 2. The van der Waals surface area contributed by atoms with Gasteiger partial charge in [0.15, 0.2) is 10.8 Å². The minimum absolute atomic E-state index is 0.505. The standard InChI is InChI=1S/C10H12O.C10H12S.C9H13NO.C9H11NO.C9H13NS.C9H11NS.6C4H10/c2*1-9(2)5-3-6-10-7-4-8-11-10;4*1-8(2)4-3-5-9-10-6-7-11-9;6*1-4(2)3/h2*4,7-9H,5H2,1-2H3;3,5-8H,4H2,1-2H3;6-8H,4H2,1-2H3;3,5-8H,4H2,1-2H3;6-8H,4H2,1-2H3;6*4H,1-3H3/b;;5-3+;;5-3+;;;;;;;. The Balaban J connectivity index is -0.000000219. The van der Waals surface area contributed by atoms with Crippen molar-refractivity contribution in [1.29, 1.82) is 0 Å². The van der Waals surface area contributed by atoms with E-state index in [-0.39, 0.29) is 0 Å². The molecule has 0 atom stereocenters. The number of nitrogens with zero attached hydrogens (tertiary/aromatic N) is 4. The first kappa shape index (κ1) is 95.5. The van der Waals surface area contributed by atoms with Crippen molar-refractivity contribution in [2.75, 3.05) is 0 Å². The fraction of sp³-hybridized carbons (Fsp3) is 0.600. The molecular weight excluding hydrogens is 1160 g/mol. The number of hydrogen-bond donors (Lipinski definition) is 0. The molecule has 6 aromatic heterocycles. The molecule has 6 aromatic rings. The molecule has 0 aromatic carbocycles. The summed E-state index contributed by atoms with van der Waals surface area (Å²) in [5.41, 5.74) is 0. The van der Waals surface area contributed by atoms with E-state index in [0.29, 0.717) is 41.4 Å². The van der Waals surface area contributed by atoms with Crippen LogP contribution < -0.4 is 0 Å². The summed E-state index contributed by atoms with van der Waals surface area (Å²) < 4.78 is 15.0. The van der Waals surface area contributed by atoms with E-state index in [4.69, 9.17) is 13.3 Å². The Hall–Kier alpha value is -5.62. The second-order valence-electron chi connectivity index (χ2n) is 27.4. The molecule has 0 saturated heterocycles. The molecule has 90 heavy (non-hydrogen) atoms. The lowest BCUT2D eigenvalue weighted by atomic mass is 10.1. The topological polar surface area (TPSA) is 91.0 Å². The number of hydrogen-bond acceptors (Lipinski definition) is 10. The summed E-state index contributed by atoms with van der Waals surface area (Å²) in [6, 6.07) is 7.80. The summed E-state index contributed by atoms with van der Waals surface area (Å²) in [6.07, 6.45) is 25.8. The van der Waals surface area contributed by atoms with Gasteiger partial charge in [-0.3, -0.25) is 0 Å². The van der Waals surface area contributed by atoms with Crippen molar-refractivity contribution in [3.8, 4) is 47.4 Å². The third-order valence-corrected chi connectivity index (χ3v) is 9.62. The van der Waals surface area contributed by atoms with E-state index in [9.17, 15) is 0 Å². The molecule has 0 aliphatic heterocycles. The fourth-order valence-corrected chi connectivity index (χ4v) is 5.78. The molecule has 0 N–H and O–H groups in total. The highest BCUT2D eigenvalue weighted by atomic mass is 32.1. The van der Waals surface area contributed by atoms with Gasteiger partial charge in [0, 0.05) is 48.8 Å². The molecule has 6 rings (SSSR count). The molecule has 0 aliphatic carbocycles. The van der Waals surface area contributed by atoms with Crippen molar-refractivity contribution in [2.45, 2.75) is 246 Å². The van der Waals surface area contributed by atoms with Gasteiger partial charge in [0.05, 0.1) is 23.5 Å². The van der Waals surface area contributed by atoms with Gasteiger partial charge in [-0.2, -0.15) is 0 Å². The predicted molar refractivity (Wildman–Crippen MR) is 406 cm³/mol. The zero-order valence-corrected chi connectivity index (χ0v) is 65.3. The first-order chi connectivity index (χ1) is 42.1. The third-order valence-electron chi connectivity index (χ3n) is 7.40. The minimum atomic E-state index is 0.505. The second kappa shape index (κ2) is 69.3. The van der Waals surface area contributed by atoms with E-state index in [1.807, 2.05) is 41.2 Å². The molecule has 0 amide bonds. The zero-order chi connectivity index (χ0) is 70.1. The normalized spacial score (nSPS) is 9.80. The number of thiophene rings is 1. The fourth-order valence-electron chi connectivity index (χ4n) is 4.13. The number of rotatable bonds is 10. The van der Waals surface area contributed by atoms with E-state index in [0.717, 1.165) is 95.7 Å². The van der Waals surface area contributed by atoms with Crippen LogP contribution in [-0.2, 0) is 0 Å². The Morgan fingerprint density at radius 1 is 0.367 bits per heavy atom. The Bertz CT molecular complexity index is 2250. The first-order valence-corrected chi connectivity index (χ1v) is 35.7. The monoisotopic (exact) mass is 1290 g/mol. The van der Waals surface area contributed by atoms with Crippen LogP contribution in [0.4, 0.5) is 0 Å². The Morgan fingerprint density at radius 3 is 1.14 bits per heavy atom. The largest absolute Gasteiger partial charge is 0.456 e. The molecule has 0 aliphatic rings. The van der Waals surface area contributed by atoms with Crippen molar-refractivity contribution in [3.63, 3.8) is 0 Å². The Kier molecular flexibility index (Phi) is 73.5. The maximum atomic E-state index is 5.04. The predicted octanol–water partition coefficient (Wildman–Crippen LogP) is 26.3. The number of allylic oxidation sites excluding steroid dienone is 2. The van der Waals surface area contributed by atoms with Gasteiger partial charge < -0.3 is 13.3 Å². The molecule has 0 bridgehead atoms. The van der Waals surface area contributed by atoms with Gasteiger partial charge in [-0.25, -0.2) is 19.9 Å². The molecule has 7 nitrogen and oxygen atoms in total. The van der Waals surface area contributed by atoms with E-state index >= 15 is 0 Å². The van der Waals surface area contributed by atoms with Crippen LogP contribution in [-0.4, -0.2) is 19.9 Å². The lowest BCUT2D eigenvalue weighted by molar-refractivity contribution is 0.543. The maximum Gasteiger partial charge on any atom is 0.273 e. The number of oxazole rings is 2. The van der Waals surface area contributed by atoms with Crippen molar-refractivity contribution in [2.24, 2.45) is 71.0 Å². The van der Waals surface area contributed by atoms with Gasteiger partial charge in [-0.1, -0.05) is 256 Å². The van der Waals surface area contributed by atoms with E-state index in [1.54, 1.807) is 65.1 Å². The molecule has 0 unspecified atom stereocenters. The summed E-state index contributed by atoms with van der Waals surface area (Å²) in [7, 11) is 0. The highest BCUT2D eigenvalue weighted by molar-refractivity contribution is 7.10. The van der Waals surface area contributed by atoms with Gasteiger partial charge in [-0.05, 0) is 137 Å². The second-order valence-corrected chi connectivity index (χ2v) is 30.2. The highest BCUT2D eigenvalue weighted by Gasteiger charge is 1.94. The Morgan fingerprint density at radius 2 is 0.789 bits per heavy atom. The molecular formula is C80H132N4O3S3. The van der Waals surface area contributed by atoms with Gasteiger partial charge in [0.2, 0.25) is 5.89 Å². The average Bonchev–Trinajstić information content (AvgIpc) is 4.35. The molecule has 508 valence electrons. The first-order valence-electron chi connectivity index (χ1n) is 33.1. The number of furan rings is 1. The highest BCUT2D eigenvalue weighted by Crippen LogP contribution is 2.10. The van der Waals surface area contributed by atoms with E-state index < -0.39 is 0 Å². The lowest BCUT2D eigenvalue weighted by Gasteiger charge is -1.94. The van der Waals surface area contributed by atoms with E-state index in [1.165, 1.54) is 11.1 Å². The minimum Gasteiger partial charge on any atom is -0.456 e. The van der Waals surface area contributed by atoms with Crippen LogP contribution in [0, 0.1) is 118 Å². The van der Waals surface area contributed by atoms with Gasteiger partial charge in [0.25, 0.3) is 5.89 Å². The van der Waals surface area contributed by atoms with Gasteiger partial charge in [-0.15, -0.1) is 34.0 Å². The maximum absolute atomic E-state index is 5.04. The van der Waals surface area contributed by atoms with Crippen LogP contribution in [0.1, 0.15) is 279 Å².